The quantitative estimate of drug-likeness (QED) is 0.385. The van der Waals surface area contributed by atoms with E-state index in [1.165, 1.54) is 6.33 Å². The van der Waals surface area contributed by atoms with Crippen LogP contribution in [0.15, 0.2) is 47.1 Å². The summed E-state index contributed by atoms with van der Waals surface area (Å²) >= 11 is 0. The van der Waals surface area contributed by atoms with Crippen LogP contribution in [0, 0.1) is 13.8 Å². The minimum absolute atomic E-state index is 0.256. The van der Waals surface area contributed by atoms with Gasteiger partial charge in [0.2, 0.25) is 0 Å². The second-order valence-electron chi connectivity index (χ2n) is 9.46. The van der Waals surface area contributed by atoms with E-state index >= 15 is 0 Å². The van der Waals surface area contributed by atoms with Gasteiger partial charge in [0.25, 0.3) is 6.01 Å². The number of nitrogens with zero attached hydrogens (tertiary/aromatic N) is 6. The molecule has 0 saturated carbocycles. The summed E-state index contributed by atoms with van der Waals surface area (Å²) in [6.45, 7) is 6.13. The fourth-order valence-corrected chi connectivity index (χ4v) is 5.06. The Hall–Kier alpha value is -3.98. The maximum absolute atomic E-state index is 6.31. The molecule has 1 aliphatic heterocycles. The lowest BCUT2D eigenvalue weighted by Crippen LogP contribution is -2.34. The fraction of sp³-hybridized carbons (Fsp3) is 0.308. The van der Waals surface area contributed by atoms with Gasteiger partial charge in [-0.2, -0.15) is 10.1 Å². The third-order valence-corrected chi connectivity index (χ3v) is 6.69. The lowest BCUT2D eigenvalue weighted by molar-refractivity contribution is 0.205. The van der Waals surface area contributed by atoms with Crippen LogP contribution in [0.3, 0.4) is 0 Å². The van der Waals surface area contributed by atoms with E-state index in [1.54, 1.807) is 0 Å². The zero-order valence-corrected chi connectivity index (χ0v) is 20.1. The number of nitrogens with one attached hydrogen (secondary N) is 1. The van der Waals surface area contributed by atoms with Crippen molar-refractivity contribution in [2.45, 2.75) is 32.7 Å². The summed E-state index contributed by atoms with van der Waals surface area (Å²) in [6, 6.07) is 12.9. The first-order chi connectivity index (χ1) is 17.0. The molecule has 2 aromatic carbocycles. The molecule has 1 unspecified atom stereocenters. The molecule has 35 heavy (non-hydrogen) atoms. The molecule has 1 saturated heterocycles. The summed E-state index contributed by atoms with van der Waals surface area (Å²) in [6.07, 6.45) is 3.72. The first-order valence-electron chi connectivity index (χ1n) is 11.9. The van der Waals surface area contributed by atoms with Crippen molar-refractivity contribution in [2.24, 2.45) is 0 Å². The zero-order chi connectivity index (χ0) is 24.1. The topological polar surface area (TPSA) is 111 Å². The zero-order valence-electron chi connectivity index (χ0n) is 20.1. The first kappa shape index (κ1) is 21.5. The number of aryl methyl sites for hydroxylation is 2. The number of hydrogen-bond acceptors (Lipinski definition) is 8. The van der Waals surface area contributed by atoms with E-state index in [2.05, 4.69) is 45.2 Å². The van der Waals surface area contributed by atoms with E-state index in [0.29, 0.717) is 11.8 Å². The Labute approximate surface area is 203 Å². The van der Waals surface area contributed by atoms with Crippen molar-refractivity contribution in [1.29, 1.82) is 0 Å². The number of fused-ring (bicyclic) bond motifs is 2. The molecule has 0 spiro atoms. The third kappa shape index (κ3) is 3.87. The van der Waals surface area contributed by atoms with Crippen LogP contribution >= 0.6 is 0 Å². The summed E-state index contributed by atoms with van der Waals surface area (Å²) in [7, 11) is 2.15. The molecule has 4 heterocycles. The summed E-state index contributed by atoms with van der Waals surface area (Å²) in [5.41, 5.74) is 13.6. The van der Waals surface area contributed by atoms with Crippen LogP contribution in [0.5, 0.6) is 0 Å². The number of benzene rings is 2. The van der Waals surface area contributed by atoms with E-state index in [1.807, 2.05) is 41.9 Å². The van der Waals surface area contributed by atoms with Crippen molar-refractivity contribution in [3.63, 3.8) is 0 Å². The third-order valence-electron chi connectivity index (χ3n) is 6.69. The fourth-order valence-electron chi connectivity index (χ4n) is 5.06. The van der Waals surface area contributed by atoms with E-state index in [4.69, 9.17) is 15.2 Å². The van der Waals surface area contributed by atoms with Gasteiger partial charge >= 0.3 is 0 Å². The second-order valence-corrected chi connectivity index (χ2v) is 9.46. The smallest absolute Gasteiger partial charge is 0.300 e. The van der Waals surface area contributed by atoms with Crippen LogP contribution in [0.2, 0.25) is 0 Å². The Balaban J connectivity index is 1.33. The predicted molar refractivity (Wildman–Crippen MR) is 138 cm³/mol. The van der Waals surface area contributed by atoms with Crippen molar-refractivity contribution >= 4 is 39.7 Å². The lowest BCUT2D eigenvalue weighted by atomic mass is 10.1. The Morgan fingerprint density at radius 1 is 1.11 bits per heavy atom. The van der Waals surface area contributed by atoms with Gasteiger partial charge in [-0.25, -0.2) is 14.6 Å². The van der Waals surface area contributed by atoms with Crippen molar-refractivity contribution in [1.82, 2.24) is 29.6 Å². The number of oxazole rings is 1. The number of hydrogen-bond donors (Lipinski definition) is 2. The van der Waals surface area contributed by atoms with Gasteiger partial charge in [0, 0.05) is 17.8 Å². The molecule has 1 atom stereocenters. The van der Waals surface area contributed by atoms with Gasteiger partial charge < -0.3 is 20.4 Å². The molecular weight excluding hydrogens is 440 g/mol. The van der Waals surface area contributed by atoms with Crippen molar-refractivity contribution in [2.75, 3.05) is 31.2 Å². The van der Waals surface area contributed by atoms with Gasteiger partial charge in [-0.15, -0.1) is 0 Å². The molecule has 3 N–H and O–H groups in total. The van der Waals surface area contributed by atoms with Crippen LogP contribution in [-0.4, -0.2) is 49.8 Å². The number of nitrogens with two attached hydrogens (primary N) is 1. The largest absolute Gasteiger partial charge is 0.423 e. The predicted octanol–water partition coefficient (Wildman–Crippen LogP) is 4.84. The number of rotatable bonds is 4. The van der Waals surface area contributed by atoms with Crippen LogP contribution in [-0.2, 0) is 0 Å². The molecule has 0 aliphatic carbocycles. The van der Waals surface area contributed by atoms with Crippen molar-refractivity contribution < 1.29 is 4.42 Å². The average Bonchev–Trinajstić information content (AvgIpc) is 3.42. The van der Waals surface area contributed by atoms with E-state index in [-0.39, 0.29) is 6.04 Å². The Kier molecular flexibility index (Phi) is 5.14. The molecule has 9 nitrogen and oxygen atoms in total. The summed E-state index contributed by atoms with van der Waals surface area (Å²) < 4.78 is 7.99. The van der Waals surface area contributed by atoms with Gasteiger partial charge in [-0.3, -0.25) is 0 Å². The molecular formula is C26H28N8O. The highest BCUT2D eigenvalue weighted by Crippen LogP contribution is 2.34. The standard InChI is InChI=1S/C26H28N8O/c1-15-11-16(2)23-20(12-15)31-26(35-23)30-18-8-6-17(7-9-18)22-21-24(27)28-14-29-25(21)34(32-22)19-5-4-10-33(3)13-19/h6-9,11-12,14,19H,4-5,10,13H2,1-3H3,(H,30,31)(H2,27,28,29). The Morgan fingerprint density at radius 3 is 2.74 bits per heavy atom. The highest BCUT2D eigenvalue weighted by Gasteiger charge is 2.25. The molecule has 6 rings (SSSR count). The molecule has 1 aliphatic rings. The van der Waals surface area contributed by atoms with Crippen LogP contribution in [0.1, 0.15) is 30.0 Å². The molecule has 1 fully saturated rings. The van der Waals surface area contributed by atoms with Crippen molar-refractivity contribution in [3.8, 4) is 11.3 Å². The number of likely N-dealkylation sites (N-methyl/N-ethyl adjacent to an activating group) is 1. The van der Waals surface area contributed by atoms with Crippen LogP contribution in [0.4, 0.5) is 17.5 Å². The average molecular weight is 469 g/mol. The van der Waals surface area contributed by atoms with Crippen molar-refractivity contribution in [3.05, 3.63) is 53.9 Å². The van der Waals surface area contributed by atoms with E-state index < -0.39 is 0 Å². The van der Waals surface area contributed by atoms with Gasteiger partial charge in [0.1, 0.15) is 23.4 Å². The van der Waals surface area contributed by atoms with Gasteiger partial charge in [-0.05, 0) is 69.6 Å². The van der Waals surface area contributed by atoms with E-state index in [0.717, 1.165) is 76.1 Å². The summed E-state index contributed by atoms with van der Waals surface area (Å²) in [5.74, 6) is 0.444. The SMILES string of the molecule is Cc1cc(C)c2oc(Nc3ccc(-c4nn(C5CCCN(C)C5)c5ncnc(N)c45)cc3)nc2c1. The summed E-state index contributed by atoms with van der Waals surface area (Å²) in [4.78, 5) is 15.7. The number of anilines is 3. The molecule has 0 radical (unpaired) electrons. The minimum atomic E-state index is 0.256. The minimum Gasteiger partial charge on any atom is -0.423 e. The normalized spacial score (nSPS) is 16.8. The highest BCUT2D eigenvalue weighted by atomic mass is 16.4. The highest BCUT2D eigenvalue weighted by molar-refractivity contribution is 5.98. The van der Waals surface area contributed by atoms with Crippen LogP contribution < -0.4 is 11.1 Å². The number of likely N-dealkylation sites (tertiary alicyclic amines) is 1. The van der Waals surface area contributed by atoms with E-state index in [9.17, 15) is 0 Å². The number of aromatic nitrogens is 5. The molecule has 9 heteroatoms. The van der Waals surface area contributed by atoms with Gasteiger partial charge in [0.05, 0.1) is 11.4 Å². The summed E-state index contributed by atoms with van der Waals surface area (Å²) in [5, 5.41) is 9.06. The Bertz CT molecular complexity index is 1540. The second kappa shape index (κ2) is 8.35. The first-order valence-corrected chi connectivity index (χ1v) is 11.9. The monoisotopic (exact) mass is 468 g/mol. The molecule has 0 bridgehead atoms. The van der Waals surface area contributed by atoms with Crippen LogP contribution in [0.25, 0.3) is 33.4 Å². The van der Waals surface area contributed by atoms with Gasteiger partial charge in [-0.1, -0.05) is 18.2 Å². The Morgan fingerprint density at radius 2 is 1.94 bits per heavy atom. The number of nitrogen functional groups attached to an aromatic ring is 1. The van der Waals surface area contributed by atoms with Gasteiger partial charge in [0.15, 0.2) is 11.2 Å². The maximum atomic E-state index is 6.31. The maximum Gasteiger partial charge on any atom is 0.300 e. The lowest BCUT2D eigenvalue weighted by Gasteiger charge is -2.29. The number of piperidine rings is 1. The molecule has 0 amide bonds. The molecule has 178 valence electrons. The molecule has 3 aromatic heterocycles. The molecule has 5 aromatic rings.